The standard InChI is InChI=1S/C11H19NO3/c1-3-6-10(15-9(2)13)7-4-5-8-11(12)14/h5,8,10H,3-4,6-7H2,1-2H3,(H2,12,14)/b8-5-. The Bertz CT molecular complexity index is 236. The van der Waals surface area contributed by atoms with Crippen molar-refractivity contribution in [2.45, 2.75) is 45.6 Å². The largest absolute Gasteiger partial charge is 0.463 e. The minimum atomic E-state index is -0.450. The summed E-state index contributed by atoms with van der Waals surface area (Å²) >= 11 is 0. The maximum Gasteiger partial charge on any atom is 0.302 e. The van der Waals surface area contributed by atoms with Crippen molar-refractivity contribution in [3.8, 4) is 0 Å². The molecule has 0 saturated carbocycles. The lowest BCUT2D eigenvalue weighted by atomic mass is 10.1. The maximum atomic E-state index is 10.8. The highest BCUT2D eigenvalue weighted by atomic mass is 16.5. The van der Waals surface area contributed by atoms with Crippen LogP contribution in [0, 0.1) is 0 Å². The zero-order chi connectivity index (χ0) is 11.7. The van der Waals surface area contributed by atoms with Crippen LogP contribution in [0.25, 0.3) is 0 Å². The first kappa shape index (κ1) is 13.7. The molecule has 1 unspecified atom stereocenters. The van der Waals surface area contributed by atoms with Crippen LogP contribution in [0.15, 0.2) is 12.2 Å². The second kappa shape index (κ2) is 8.03. The van der Waals surface area contributed by atoms with E-state index in [4.69, 9.17) is 10.5 Å². The number of amides is 1. The van der Waals surface area contributed by atoms with Gasteiger partial charge in [-0.3, -0.25) is 9.59 Å². The molecule has 0 aromatic heterocycles. The lowest BCUT2D eigenvalue weighted by Crippen LogP contribution is -2.15. The molecule has 4 heteroatoms. The summed E-state index contributed by atoms with van der Waals surface area (Å²) in [5.41, 5.74) is 4.94. The minimum absolute atomic E-state index is 0.0509. The molecule has 0 rings (SSSR count). The highest BCUT2D eigenvalue weighted by Crippen LogP contribution is 2.10. The van der Waals surface area contributed by atoms with E-state index in [-0.39, 0.29) is 12.1 Å². The lowest BCUT2D eigenvalue weighted by Gasteiger charge is -2.14. The molecule has 0 radical (unpaired) electrons. The number of nitrogens with two attached hydrogens (primary N) is 1. The summed E-state index contributed by atoms with van der Waals surface area (Å²) in [6.07, 6.45) is 6.23. The Morgan fingerprint density at radius 3 is 2.53 bits per heavy atom. The second-order valence-electron chi connectivity index (χ2n) is 3.40. The van der Waals surface area contributed by atoms with Crippen molar-refractivity contribution in [3.05, 3.63) is 12.2 Å². The van der Waals surface area contributed by atoms with Crippen LogP contribution in [0.1, 0.15) is 39.5 Å². The summed E-state index contributed by atoms with van der Waals surface area (Å²) in [5.74, 6) is -0.707. The number of allylic oxidation sites excluding steroid dienone is 1. The fraction of sp³-hybridized carbons (Fsp3) is 0.636. The van der Waals surface area contributed by atoms with Gasteiger partial charge in [-0.1, -0.05) is 19.4 Å². The number of hydrogen-bond donors (Lipinski definition) is 1. The Labute approximate surface area is 90.5 Å². The molecule has 4 nitrogen and oxygen atoms in total. The molecule has 0 aromatic rings. The molecule has 1 amide bonds. The number of hydrogen-bond acceptors (Lipinski definition) is 3. The SMILES string of the molecule is CCCC(CC/C=C\C(N)=O)OC(C)=O. The van der Waals surface area contributed by atoms with E-state index in [1.165, 1.54) is 13.0 Å². The van der Waals surface area contributed by atoms with Gasteiger partial charge in [-0.05, 0) is 25.3 Å². The highest BCUT2D eigenvalue weighted by molar-refractivity contribution is 5.85. The quantitative estimate of drug-likeness (QED) is 0.515. The molecule has 0 heterocycles. The third-order valence-electron chi connectivity index (χ3n) is 1.88. The summed E-state index contributed by atoms with van der Waals surface area (Å²) < 4.78 is 5.11. The van der Waals surface area contributed by atoms with Crippen LogP contribution in [-0.2, 0) is 14.3 Å². The maximum absolute atomic E-state index is 10.8. The molecule has 15 heavy (non-hydrogen) atoms. The molecule has 2 N–H and O–H groups in total. The van der Waals surface area contributed by atoms with E-state index in [0.29, 0.717) is 6.42 Å². The van der Waals surface area contributed by atoms with Crippen LogP contribution in [0.4, 0.5) is 0 Å². The molecule has 86 valence electrons. The van der Waals surface area contributed by atoms with E-state index < -0.39 is 5.91 Å². The average molecular weight is 213 g/mol. The number of esters is 1. The fourth-order valence-corrected chi connectivity index (χ4v) is 1.30. The number of carbonyl (C=O) groups excluding carboxylic acids is 2. The van der Waals surface area contributed by atoms with Gasteiger partial charge in [-0.25, -0.2) is 0 Å². The predicted octanol–water partition coefficient (Wildman–Crippen LogP) is 1.54. The summed E-state index contributed by atoms with van der Waals surface area (Å²) in [4.78, 5) is 21.2. The van der Waals surface area contributed by atoms with E-state index in [1.54, 1.807) is 6.08 Å². The Morgan fingerprint density at radius 2 is 2.07 bits per heavy atom. The minimum Gasteiger partial charge on any atom is -0.463 e. The van der Waals surface area contributed by atoms with Crippen molar-refractivity contribution in [3.63, 3.8) is 0 Å². The van der Waals surface area contributed by atoms with Crippen LogP contribution in [0.5, 0.6) is 0 Å². The van der Waals surface area contributed by atoms with Crippen molar-refractivity contribution >= 4 is 11.9 Å². The number of ether oxygens (including phenoxy) is 1. The zero-order valence-electron chi connectivity index (χ0n) is 9.36. The van der Waals surface area contributed by atoms with Gasteiger partial charge in [0, 0.05) is 6.92 Å². The monoisotopic (exact) mass is 213 g/mol. The highest BCUT2D eigenvalue weighted by Gasteiger charge is 2.09. The number of rotatable bonds is 7. The predicted molar refractivity (Wildman–Crippen MR) is 58.0 cm³/mol. The second-order valence-corrected chi connectivity index (χ2v) is 3.40. The molecule has 0 fully saturated rings. The van der Waals surface area contributed by atoms with Gasteiger partial charge in [0.1, 0.15) is 6.10 Å². The summed E-state index contributed by atoms with van der Waals surface area (Å²) in [6, 6.07) is 0. The van der Waals surface area contributed by atoms with E-state index in [0.717, 1.165) is 19.3 Å². The molecule has 0 spiro atoms. The van der Waals surface area contributed by atoms with E-state index in [1.807, 2.05) is 6.92 Å². The average Bonchev–Trinajstić information content (AvgIpc) is 2.11. The molecule has 0 aliphatic rings. The Hall–Kier alpha value is -1.32. The van der Waals surface area contributed by atoms with Crippen molar-refractivity contribution in [2.24, 2.45) is 5.73 Å². The topological polar surface area (TPSA) is 69.4 Å². The Balaban J connectivity index is 3.84. The van der Waals surface area contributed by atoms with Crippen molar-refractivity contribution in [1.82, 2.24) is 0 Å². The first-order valence-electron chi connectivity index (χ1n) is 5.19. The fourth-order valence-electron chi connectivity index (χ4n) is 1.30. The number of carbonyl (C=O) groups is 2. The first-order valence-corrected chi connectivity index (χ1v) is 5.19. The van der Waals surface area contributed by atoms with Gasteiger partial charge in [0.15, 0.2) is 0 Å². The molecule has 0 saturated heterocycles. The Kier molecular flexibility index (Phi) is 7.32. The normalized spacial score (nSPS) is 12.7. The van der Waals surface area contributed by atoms with E-state index in [2.05, 4.69) is 0 Å². The van der Waals surface area contributed by atoms with Crippen LogP contribution in [0.2, 0.25) is 0 Å². The van der Waals surface area contributed by atoms with E-state index in [9.17, 15) is 9.59 Å². The third kappa shape index (κ3) is 9.00. The van der Waals surface area contributed by atoms with Crippen LogP contribution >= 0.6 is 0 Å². The summed E-state index contributed by atoms with van der Waals surface area (Å²) in [6.45, 7) is 3.44. The summed E-state index contributed by atoms with van der Waals surface area (Å²) in [7, 11) is 0. The number of primary amides is 1. The molecule has 0 aliphatic carbocycles. The lowest BCUT2D eigenvalue weighted by molar-refractivity contribution is -0.146. The van der Waals surface area contributed by atoms with Gasteiger partial charge in [0.25, 0.3) is 0 Å². The third-order valence-corrected chi connectivity index (χ3v) is 1.88. The van der Waals surface area contributed by atoms with E-state index >= 15 is 0 Å². The molecule has 0 bridgehead atoms. The molecule has 0 aromatic carbocycles. The van der Waals surface area contributed by atoms with Gasteiger partial charge in [-0.15, -0.1) is 0 Å². The molecular formula is C11H19NO3. The molecule has 0 aliphatic heterocycles. The summed E-state index contributed by atoms with van der Waals surface area (Å²) in [5, 5.41) is 0. The van der Waals surface area contributed by atoms with Gasteiger partial charge >= 0.3 is 5.97 Å². The van der Waals surface area contributed by atoms with Gasteiger partial charge in [0.05, 0.1) is 0 Å². The zero-order valence-corrected chi connectivity index (χ0v) is 9.36. The van der Waals surface area contributed by atoms with Crippen LogP contribution < -0.4 is 5.73 Å². The molecule has 1 atom stereocenters. The first-order chi connectivity index (χ1) is 7.06. The van der Waals surface area contributed by atoms with Crippen molar-refractivity contribution in [1.29, 1.82) is 0 Å². The van der Waals surface area contributed by atoms with Crippen molar-refractivity contribution < 1.29 is 14.3 Å². The van der Waals surface area contributed by atoms with Crippen LogP contribution in [0.3, 0.4) is 0 Å². The molecular weight excluding hydrogens is 194 g/mol. The Morgan fingerprint density at radius 1 is 1.40 bits per heavy atom. The van der Waals surface area contributed by atoms with Crippen molar-refractivity contribution in [2.75, 3.05) is 0 Å². The smallest absolute Gasteiger partial charge is 0.302 e. The van der Waals surface area contributed by atoms with Crippen LogP contribution in [-0.4, -0.2) is 18.0 Å². The van der Waals surface area contributed by atoms with Gasteiger partial charge < -0.3 is 10.5 Å². The van der Waals surface area contributed by atoms with Gasteiger partial charge in [0.2, 0.25) is 5.91 Å². The van der Waals surface area contributed by atoms with Gasteiger partial charge in [-0.2, -0.15) is 0 Å².